The average Bonchev–Trinajstić information content (AvgIpc) is 2.92. The summed E-state index contributed by atoms with van der Waals surface area (Å²) in [4.78, 5) is 23.6. The minimum absolute atomic E-state index is 0.226. The minimum atomic E-state index is -0.469. The van der Waals surface area contributed by atoms with Gasteiger partial charge >= 0.3 is 0 Å². The van der Waals surface area contributed by atoms with Crippen LogP contribution >= 0.6 is 27.5 Å². The van der Waals surface area contributed by atoms with Crippen LogP contribution in [0.15, 0.2) is 44.3 Å². The van der Waals surface area contributed by atoms with Gasteiger partial charge in [0.2, 0.25) is 0 Å². The predicted octanol–water partition coefficient (Wildman–Crippen LogP) is 2.88. The number of furan rings is 1. The molecule has 6 nitrogen and oxygen atoms in total. The zero-order valence-corrected chi connectivity index (χ0v) is 14.4. The average molecular weight is 399 g/mol. The van der Waals surface area contributed by atoms with Crippen molar-refractivity contribution in [3.63, 3.8) is 0 Å². The Hall–Kier alpha value is -2.12. The van der Waals surface area contributed by atoms with Gasteiger partial charge in [-0.15, -0.1) is 0 Å². The van der Waals surface area contributed by atoms with Gasteiger partial charge in [0, 0.05) is 4.47 Å². The molecule has 1 aromatic carbocycles. The molecule has 1 aromatic heterocycles. The van der Waals surface area contributed by atoms with E-state index in [4.69, 9.17) is 16.0 Å². The van der Waals surface area contributed by atoms with Crippen molar-refractivity contribution in [1.29, 1.82) is 0 Å². The molecular formula is C15H13BrClN3O3. The molecule has 1 heterocycles. The lowest BCUT2D eigenvalue weighted by molar-refractivity contribution is -0.120. The summed E-state index contributed by atoms with van der Waals surface area (Å²) in [6.45, 7) is 1.58. The maximum atomic E-state index is 12.0. The molecular weight excluding hydrogens is 386 g/mol. The maximum Gasteiger partial charge on any atom is 0.259 e. The first-order valence-corrected chi connectivity index (χ1v) is 7.74. The molecule has 0 saturated carbocycles. The van der Waals surface area contributed by atoms with Crippen LogP contribution in [0.1, 0.15) is 21.9 Å². The van der Waals surface area contributed by atoms with Crippen molar-refractivity contribution in [2.75, 3.05) is 6.54 Å². The molecule has 0 aliphatic rings. The summed E-state index contributed by atoms with van der Waals surface area (Å²) in [5, 5.41) is 6.50. The van der Waals surface area contributed by atoms with Gasteiger partial charge in [-0.05, 0) is 37.3 Å². The van der Waals surface area contributed by atoms with E-state index >= 15 is 0 Å². The number of rotatable bonds is 5. The van der Waals surface area contributed by atoms with Gasteiger partial charge in [-0.3, -0.25) is 9.59 Å². The van der Waals surface area contributed by atoms with E-state index in [0.717, 1.165) is 10.2 Å². The highest BCUT2D eigenvalue weighted by Crippen LogP contribution is 2.20. The smallest absolute Gasteiger partial charge is 0.259 e. The van der Waals surface area contributed by atoms with Crippen LogP contribution in [0, 0.1) is 6.92 Å². The zero-order valence-electron chi connectivity index (χ0n) is 12.1. The molecule has 2 N–H and O–H groups in total. The third kappa shape index (κ3) is 5.22. The van der Waals surface area contributed by atoms with Crippen molar-refractivity contribution in [2.45, 2.75) is 6.92 Å². The lowest BCUT2D eigenvalue weighted by atomic mass is 10.2. The number of carbonyl (C=O) groups is 2. The SMILES string of the molecule is Cc1ccc(/C=N/NC(=O)CNC(=O)c2cc(Br)ccc2Cl)o1. The lowest BCUT2D eigenvalue weighted by Crippen LogP contribution is -2.35. The van der Waals surface area contributed by atoms with Crippen LogP contribution in [0.3, 0.4) is 0 Å². The van der Waals surface area contributed by atoms with E-state index in [9.17, 15) is 9.59 Å². The van der Waals surface area contributed by atoms with Crippen LogP contribution in [0.25, 0.3) is 0 Å². The van der Waals surface area contributed by atoms with Crippen LogP contribution in [-0.2, 0) is 4.79 Å². The minimum Gasteiger partial charge on any atom is -0.460 e. The Morgan fingerprint density at radius 1 is 1.35 bits per heavy atom. The summed E-state index contributed by atoms with van der Waals surface area (Å²) >= 11 is 9.20. The fraction of sp³-hybridized carbons (Fsp3) is 0.133. The van der Waals surface area contributed by atoms with Crippen molar-refractivity contribution in [3.05, 3.63) is 56.9 Å². The Morgan fingerprint density at radius 3 is 2.83 bits per heavy atom. The fourth-order valence-corrected chi connectivity index (χ4v) is 2.22. The van der Waals surface area contributed by atoms with E-state index in [2.05, 4.69) is 31.8 Å². The Bertz CT molecular complexity index is 758. The van der Waals surface area contributed by atoms with Crippen LogP contribution in [0.2, 0.25) is 5.02 Å². The number of hydrazone groups is 1. The predicted molar refractivity (Wildman–Crippen MR) is 90.7 cm³/mol. The van der Waals surface area contributed by atoms with Crippen molar-refractivity contribution >= 4 is 45.6 Å². The normalized spacial score (nSPS) is 10.7. The monoisotopic (exact) mass is 397 g/mol. The van der Waals surface area contributed by atoms with Crippen LogP contribution in [0.4, 0.5) is 0 Å². The number of nitrogens with one attached hydrogen (secondary N) is 2. The molecule has 0 saturated heterocycles. The Kier molecular flexibility index (Phi) is 5.95. The van der Waals surface area contributed by atoms with Crippen LogP contribution < -0.4 is 10.7 Å². The molecule has 0 bridgehead atoms. The summed E-state index contributed by atoms with van der Waals surface area (Å²) in [6.07, 6.45) is 1.37. The molecule has 23 heavy (non-hydrogen) atoms. The molecule has 120 valence electrons. The molecule has 2 aromatic rings. The zero-order chi connectivity index (χ0) is 16.8. The number of hydrogen-bond donors (Lipinski definition) is 2. The fourth-order valence-electron chi connectivity index (χ4n) is 1.66. The lowest BCUT2D eigenvalue weighted by Gasteiger charge is -2.06. The van der Waals surface area contributed by atoms with Crippen LogP contribution in [-0.4, -0.2) is 24.6 Å². The van der Waals surface area contributed by atoms with Gasteiger partial charge in [-0.2, -0.15) is 5.10 Å². The van der Waals surface area contributed by atoms with E-state index in [1.807, 2.05) is 0 Å². The Balaban J connectivity index is 1.83. The van der Waals surface area contributed by atoms with E-state index in [-0.39, 0.29) is 12.1 Å². The second-order valence-electron chi connectivity index (χ2n) is 4.55. The summed E-state index contributed by atoms with van der Waals surface area (Å²) in [7, 11) is 0. The number of aryl methyl sites for hydroxylation is 1. The number of hydrogen-bond acceptors (Lipinski definition) is 4. The summed E-state index contributed by atoms with van der Waals surface area (Å²) in [5.74, 6) is 0.352. The molecule has 0 aliphatic carbocycles. The first-order valence-electron chi connectivity index (χ1n) is 6.57. The molecule has 0 radical (unpaired) electrons. The largest absolute Gasteiger partial charge is 0.460 e. The van der Waals surface area contributed by atoms with E-state index in [1.165, 1.54) is 6.21 Å². The van der Waals surface area contributed by atoms with Gasteiger partial charge in [-0.25, -0.2) is 5.43 Å². The maximum absolute atomic E-state index is 12.0. The quantitative estimate of drug-likeness (QED) is 0.600. The molecule has 2 amide bonds. The molecule has 0 unspecified atom stereocenters. The Labute approximate surface area is 146 Å². The second kappa shape index (κ2) is 7.94. The van der Waals surface area contributed by atoms with Gasteiger partial charge in [0.25, 0.3) is 11.8 Å². The number of amides is 2. The summed E-state index contributed by atoms with van der Waals surface area (Å²) in [5.41, 5.74) is 2.57. The highest BCUT2D eigenvalue weighted by atomic mass is 79.9. The summed E-state index contributed by atoms with van der Waals surface area (Å²) in [6, 6.07) is 8.40. The van der Waals surface area contributed by atoms with Gasteiger partial charge < -0.3 is 9.73 Å². The number of carbonyl (C=O) groups excluding carboxylic acids is 2. The third-order valence-electron chi connectivity index (χ3n) is 2.72. The van der Waals surface area contributed by atoms with Crippen molar-refractivity contribution in [1.82, 2.24) is 10.7 Å². The van der Waals surface area contributed by atoms with Gasteiger partial charge in [0.1, 0.15) is 11.5 Å². The highest BCUT2D eigenvalue weighted by Gasteiger charge is 2.11. The third-order valence-corrected chi connectivity index (χ3v) is 3.55. The topological polar surface area (TPSA) is 83.7 Å². The highest BCUT2D eigenvalue weighted by molar-refractivity contribution is 9.10. The number of nitrogens with zero attached hydrogens (tertiary/aromatic N) is 1. The first-order chi connectivity index (χ1) is 11.0. The molecule has 0 spiro atoms. The molecule has 8 heteroatoms. The van der Waals surface area contributed by atoms with E-state index in [1.54, 1.807) is 37.3 Å². The van der Waals surface area contributed by atoms with Crippen LogP contribution in [0.5, 0.6) is 0 Å². The standard InChI is InChI=1S/C15H13BrClN3O3/c1-9-2-4-11(23-9)7-19-20-14(21)8-18-15(22)12-6-10(16)3-5-13(12)17/h2-7H,8H2,1H3,(H,18,22)(H,20,21)/b19-7+. The summed E-state index contributed by atoms with van der Waals surface area (Å²) < 4.78 is 5.97. The van der Waals surface area contributed by atoms with Gasteiger partial charge in [-0.1, -0.05) is 27.5 Å². The van der Waals surface area contributed by atoms with E-state index in [0.29, 0.717) is 10.8 Å². The molecule has 2 rings (SSSR count). The van der Waals surface area contributed by atoms with E-state index < -0.39 is 11.8 Å². The molecule has 0 fully saturated rings. The van der Waals surface area contributed by atoms with Crippen molar-refractivity contribution in [2.24, 2.45) is 5.10 Å². The second-order valence-corrected chi connectivity index (χ2v) is 5.87. The Morgan fingerprint density at radius 2 is 2.13 bits per heavy atom. The molecule has 0 atom stereocenters. The number of benzene rings is 1. The molecule has 0 aliphatic heterocycles. The van der Waals surface area contributed by atoms with Crippen molar-refractivity contribution in [3.8, 4) is 0 Å². The van der Waals surface area contributed by atoms with Gasteiger partial charge in [0.05, 0.1) is 23.3 Å². The van der Waals surface area contributed by atoms with Crippen molar-refractivity contribution < 1.29 is 14.0 Å². The first kappa shape index (κ1) is 17.2. The van der Waals surface area contributed by atoms with Gasteiger partial charge in [0.15, 0.2) is 0 Å². The number of halogens is 2.